The van der Waals surface area contributed by atoms with E-state index in [9.17, 15) is 14.4 Å². The average molecular weight is 765 g/mol. The second kappa shape index (κ2) is 41.1. The molecule has 0 saturated carbocycles. The fourth-order valence-corrected chi connectivity index (χ4v) is 7.07. The monoisotopic (exact) mass is 765 g/mol. The van der Waals surface area contributed by atoms with E-state index in [0.29, 0.717) is 19.3 Å². The maximum Gasteiger partial charge on any atom is 0.306 e. The SMILES string of the molecule is CCCCCCCCCCCCCC(=O)O[C@@H](COC(=O)CCCCCCCCCCCCCCC(C)C)COC(=O)CCCCCCCCC(C)CC. The lowest BCUT2D eigenvalue weighted by Gasteiger charge is -2.18. The molecular formula is C48H92O6. The minimum Gasteiger partial charge on any atom is -0.462 e. The molecule has 2 atom stereocenters. The molecule has 6 heteroatoms. The third-order valence-electron chi connectivity index (χ3n) is 11.1. The fourth-order valence-electron chi connectivity index (χ4n) is 7.07. The molecule has 0 fully saturated rings. The molecule has 0 aliphatic carbocycles. The van der Waals surface area contributed by atoms with Crippen molar-refractivity contribution < 1.29 is 28.6 Å². The Morgan fingerprint density at radius 2 is 0.704 bits per heavy atom. The molecule has 54 heavy (non-hydrogen) atoms. The Morgan fingerprint density at radius 3 is 1.06 bits per heavy atom. The highest BCUT2D eigenvalue weighted by Crippen LogP contribution is 2.17. The van der Waals surface area contributed by atoms with Crippen LogP contribution in [-0.2, 0) is 28.6 Å². The molecule has 0 aromatic rings. The van der Waals surface area contributed by atoms with E-state index in [2.05, 4.69) is 34.6 Å². The van der Waals surface area contributed by atoms with Gasteiger partial charge in [0.25, 0.3) is 0 Å². The summed E-state index contributed by atoms with van der Waals surface area (Å²) in [5, 5.41) is 0. The van der Waals surface area contributed by atoms with Crippen molar-refractivity contribution in [3.63, 3.8) is 0 Å². The zero-order chi connectivity index (χ0) is 39.7. The molecule has 6 nitrogen and oxygen atoms in total. The largest absolute Gasteiger partial charge is 0.462 e. The third kappa shape index (κ3) is 40.1. The first-order valence-electron chi connectivity index (χ1n) is 23.8. The predicted octanol–water partition coefficient (Wildman–Crippen LogP) is 15.0. The topological polar surface area (TPSA) is 78.9 Å². The molecule has 0 amide bonds. The number of rotatable bonds is 42. The summed E-state index contributed by atoms with van der Waals surface area (Å²) in [5.41, 5.74) is 0. The van der Waals surface area contributed by atoms with Crippen LogP contribution in [0.5, 0.6) is 0 Å². The summed E-state index contributed by atoms with van der Waals surface area (Å²) in [6, 6.07) is 0. The van der Waals surface area contributed by atoms with E-state index >= 15 is 0 Å². The maximum atomic E-state index is 12.7. The molecule has 0 aromatic heterocycles. The Morgan fingerprint density at radius 1 is 0.389 bits per heavy atom. The van der Waals surface area contributed by atoms with Gasteiger partial charge in [-0.25, -0.2) is 0 Å². The van der Waals surface area contributed by atoms with Gasteiger partial charge >= 0.3 is 17.9 Å². The van der Waals surface area contributed by atoms with Gasteiger partial charge in [0.1, 0.15) is 13.2 Å². The van der Waals surface area contributed by atoms with E-state index in [1.54, 1.807) is 0 Å². The van der Waals surface area contributed by atoms with Gasteiger partial charge in [-0.3, -0.25) is 14.4 Å². The highest BCUT2D eigenvalue weighted by atomic mass is 16.6. The minimum atomic E-state index is -0.761. The summed E-state index contributed by atoms with van der Waals surface area (Å²) in [4.78, 5) is 37.7. The van der Waals surface area contributed by atoms with E-state index in [-0.39, 0.29) is 31.1 Å². The number of esters is 3. The van der Waals surface area contributed by atoms with Crippen molar-refractivity contribution in [1.82, 2.24) is 0 Å². The molecule has 320 valence electrons. The van der Waals surface area contributed by atoms with Gasteiger partial charge in [-0.2, -0.15) is 0 Å². The van der Waals surface area contributed by atoms with Crippen LogP contribution >= 0.6 is 0 Å². The number of carbonyl (C=O) groups excluding carboxylic acids is 3. The van der Waals surface area contributed by atoms with Crippen LogP contribution in [0.4, 0.5) is 0 Å². The van der Waals surface area contributed by atoms with Crippen molar-refractivity contribution in [3.05, 3.63) is 0 Å². The van der Waals surface area contributed by atoms with Crippen LogP contribution in [0.15, 0.2) is 0 Å². The Hall–Kier alpha value is -1.59. The smallest absolute Gasteiger partial charge is 0.306 e. The first kappa shape index (κ1) is 52.4. The standard InChI is InChI=1S/C48H92O6/c1-6-8-9-10-11-12-15-20-23-30-35-40-48(51)54-45(42-53-47(50)39-34-29-25-24-27-32-37-44(5)7-2)41-52-46(49)38-33-28-22-19-17-14-13-16-18-21-26-31-36-43(3)4/h43-45H,6-42H2,1-5H3/t44?,45-/m0/s1. The molecular weight excluding hydrogens is 673 g/mol. The van der Waals surface area contributed by atoms with Crippen LogP contribution in [0.2, 0.25) is 0 Å². The zero-order valence-corrected chi connectivity index (χ0v) is 36.8. The Balaban J connectivity index is 4.31. The Bertz CT molecular complexity index is 826. The van der Waals surface area contributed by atoms with Gasteiger partial charge in [-0.15, -0.1) is 0 Å². The molecule has 0 rings (SSSR count). The van der Waals surface area contributed by atoms with Gasteiger partial charge in [0, 0.05) is 19.3 Å². The minimum absolute atomic E-state index is 0.0650. The molecule has 1 unspecified atom stereocenters. The fraction of sp³-hybridized carbons (Fsp3) is 0.938. The third-order valence-corrected chi connectivity index (χ3v) is 11.1. The normalized spacial score (nSPS) is 12.6. The van der Waals surface area contributed by atoms with Crippen molar-refractivity contribution >= 4 is 17.9 Å². The van der Waals surface area contributed by atoms with Gasteiger partial charge in [0.05, 0.1) is 0 Å². The van der Waals surface area contributed by atoms with Crippen LogP contribution in [0.25, 0.3) is 0 Å². The highest BCUT2D eigenvalue weighted by Gasteiger charge is 2.19. The lowest BCUT2D eigenvalue weighted by molar-refractivity contribution is -0.167. The van der Waals surface area contributed by atoms with Crippen LogP contribution in [0.3, 0.4) is 0 Å². The number of carbonyl (C=O) groups is 3. The summed E-state index contributed by atoms with van der Waals surface area (Å²) >= 11 is 0. The molecule has 0 aliphatic rings. The maximum absolute atomic E-state index is 12.7. The van der Waals surface area contributed by atoms with Gasteiger partial charge in [0.2, 0.25) is 0 Å². The highest BCUT2D eigenvalue weighted by molar-refractivity contribution is 5.71. The number of unbranched alkanes of at least 4 members (excludes halogenated alkanes) is 26. The van der Waals surface area contributed by atoms with Gasteiger partial charge < -0.3 is 14.2 Å². The van der Waals surface area contributed by atoms with Crippen LogP contribution in [0.1, 0.15) is 259 Å². The molecule has 0 aliphatic heterocycles. The molecule has 0 bridgehead atoms. The van der Waals surface area contributed by atoms with Gasteiger partial charge in [0.15, 0.2) is 6.10 Å². The van der Waals surface area contributed by atoms with Crippen LogP contribution in [0, 0.1) is 11.8 Å². The first-order chi connectivity index (χ1) is 26.3. The molecule has 0 N–H and O–H groups in total. The zero-order valence-electron chi connectivity index (χ0n) is 36.8. The van der Waals surface area contributed by atoms with E-state index in [4.69, 9.17) is 14.2 Å². The first-order valence-corrected chi connectivity index (χ1v) is 23.8. The van der Waals surface area contributed by atoms with E-state index in [0.717, 1.165) is 69.6 Å². The summed E-state index contributed by atoms with van der Waals surface area (Å²) < 4.78 is 16.7. The second-order valence-electron chi connectivity index (χ2n) is 17.1. The molecule has 0 heterocycles. The van der Waals surface area contributed by atoms with Crippen molar-refractivity contribution in [2.75, 3.05) is 13.2 Å². The molecule has 0 saturated heterocycles. The van der Waals surface area contributed by atoms with Gasteiger partial charge in [-0.1, -0.05) is 221 Å². The van der Waals surface area contributed by atoms with Crippen molar-refractivity contribution in [2.45, 2.75) is 265 Å². The van der Waals surface area contributed by atoms with Crippen LogP contribution in [-0.4, -0.2) is 37.2 Å². The number of hydrogen-bond acceptors (Lipinski definition) is 6. The lowest BCUT2D eigenvalue weighted by Crippen LogP contribution is -2.30. The van der Waals surface area contributed by atoms with E-state index in [1.165, 1.54) is 148 Å². The van der Waals surface area contributed by atoms with Crippen molar-refractivity contribution in [2.24, 2.45) is 11.8 Å². The molecule has 0 spiro atoms. The molecule has 0 aromatic carbocycles. The van der Waals surface area contributed by atoms with E-state index < -0.39 is 6.10 Å². The summed E-state index contributed by atoms with van der Waals surface area (Å²) in [6.07, 6.45) is 39.4. The second-order valence-corrected chi connectivity index (χ2v) is 17.1. The predicted molar refractivity (Wildman–Crippen MR) is 229 cm³/mol. The Kier molecular flexibility index (Phi) is 39.8. The summed E-state index contributed by atoms with van der Waals surface area (Å²) in [7, 11) is 0. The summed E-state index contributed by atoms with van der Waals surface area (Å²) in [5.74, 6) is 0.791. The summed E-state index contributed by atoms with van der Waals surface area (Å²) in [6.45, 7) is 11.3. The van der Waals surface area contributed by atoms with E-state index in [1.807, 2.05) is 0 Å². The van der Waals surface area contributed by atoms with Crippen LogP contribution < -0.4 is 0 Å². The average Bonchev–Trinajstić information content (AvgIpc) is 3.15. The number of hydrogen-bond donors (Lipinski definition) is 0. The molecule has 0 radical (unpaired) electrons. The quantitative estimate of drug-likeness (QED) is 0.0350. The lowest BCUT2D eigenvalue weighted by atomic mass is 10.00. The number of ether oxygens (including phenoxy) is 3. The Labute approximate surface area is 336 Å². The van der Waals surface area contributed by atoms with Crippen molar-refractivity contribution in [1.29, 1.82) is 0 Å². The van der Waals surface area contributed by atoms with Gasteiger partial charge in [-0.05, 0) is 31.1 Å². The van der Waals surface area contributed by atoms with Crippen molar-refractivity contribution in [3.8, 4) is 0 Å².